The molecule has 0 aliphatic heterocycles. The first-order valence-corrected chi connectivity index (χ1v) is 5.77. The zero-order chi connectivity index (χ0) is 15.3. The van der Waals surface area contributed by atoms with Gasteiger partial charge in [-0.25, -0.2) is 4.79 Å². The lowest BCUT2D eigenvalue weighted by Crippen LogP contribution is -2.28. The maximum atomic E-state index is 11.5. The van der Waals surface area contributed by atoms with Crippen LogP contribution in [0.5, 0.6) is 0 Å². The Kier molecular flexibility index (Phi) is 5.31. The van der Waals surface area contributed by atoms with Crippen LogP contribution in [0.25, 0.3) is 0 Å². The van der Waals surface area contributed by atoms with Gasteiger partial charge in [0.2, 0.25) is 0 Å². The summed E-state index contributed by atoms with van der Waals surface area (Å²) in [4.78, 5) is 34.5. The molecule has 0 atom stereocenters. The zero-order valence-electron chi connectivity index (χ0n) is 11.7. The van der Waals surface area contributed by atoms with Crippen molar-refractivity contribution in [3.05, 3.63) is 23.2 Å². The zero-order valence-corrected chi connectivity index (χ0v) is 11.7. The highest BCUT2D eigenvalue weighted by molar-refractivity contribution is 5.95. The van der Waals surface area contributed by atoms with Crippen LogP contribution >= 0.6 is 0 Å². The average molecular weight is 284 g/mol. The summed E-state index contributed by atoms with van der Waals surface area (Å²) in [6, 6.07) is 1.43. The van der Waals surface area contributed by atoms with Gasteiger partial charge in [0.05, 0.1) is 21.3 Å². The number of hydrogen-bond acceptors (Lipinski definition) is 7. The van der Waals surface area contributed by atoms with Crippen LogP contribution < -0.4 is 0 Å². The van der Waals surface area contributed by atoms with Crippen LogP contribution in [0.3, 0.4) is 0 Å². The van der Waals surface area contributed by atoms with E-state index in [-0.39, 0.29) is 12.0 Å². The molecule has 0 aliphatic rings. The molecule has 1 aromatic rings. The van der Waals surface area contributed by atoms with Crippen LogP contribution in [-0.4, -0.2) is 39.2 Å². The maximum absolute atomic E-state index is 11.5. The first-order chi connectivity index (χ1) is 9.44. The van der Waals surface area contributed by atoms with Crippen molar-refractivity contribution < 1.29 is 33.0 Å². The molecule has 0 saturated heterocycles. The van der Waals surface area contributed by atoms with E-state index in [1.165, 1.54) is 27.4 Å². The lowest BCUT2D eigenvalue weighted by molar-refractivity contribution is -0.158. The summed E-state index contributed by atoms with van der Waals surface area (Å²) in [5.41, 5.74) is 0.246. The van der Waals surface area contributed by atoms with Crippen molar-refractivity contribution in [1.82, 2.24) is 0 Å². The third-order valence-electron chi connectivity index (χ3n) is 2.75. The fourth-order valence-corrected chi connectivity index (χ4v) is 1.71. The topological polar surface area (TPSA) is 92.0 Å². The van der Waals surface area contributed by atoms with Gasteiger partial charge in [0, 0.05) is 6.42 Å². The van der Waals surface area contributed by atoms with Crippen molar-refractivity contribution >= 4 is 17.9 Å². The molecule has 110 valence electrons. The fourth-order valence-electron chi connectivity index (χ4n) is 1.71. The Labute approximate surface area is 115 Å². The summed E-state index contributed by atoms with van der Waals surface area (Å²) in [5, 5.41) is 0. The van der Waals surface area contributed by atoms with E-state index in [9.17, 15) is 14.4 Å². The molecule has 1 aromatic heterocycles. The number of hydrogen-bond donors (Lipinski definition) is 0. The van der Waals surface area contributed by atoms with E-state index in [2.05, 4.69) is 14.2 Å². The van der Waals surface area contributed by atoms with E-state index in [4.69, 9.17) is 4.42 Å². The molecule has 1 rings (SSSR count). The number of esters is 3. The molecule has 0 amide bonds. The summed E-state index contributed by atoms with van der Waals surface area (Å²) in [5.74, 6) is -2.51. The van der Waals surface area contributed by atoms with E-state index in [1.807, 2.05) is 0 Å². The van der Waals surface area contributed by atoms with Gasteiger partial charge in [0.25, 0.3) is 0 Å². The predicted octanol–water partition coefficient (Wildman–Crippen LogP) is 0.879. The molecule has 7 nitrogen and oxygen atoms in total. The molecule has 0 aliphatic carbocycles. The van der Waals surface area contributed by atoms with Crippen molar-refractivity contribution in [1.29, 1.82) is 0 Å². The Morgan fingerprint density at radius 2 is 1.65 bits per heavy atom. The minimum atomic E-state index is -1.14. The van der Waals surface area contributed by atoms with Gasteiger partial charge in [-0.15, -0.1) is 0 Å². The third kappa shape index (κ3) is 3.37. The summed E-state index contributed by atoms with van der Waals surface area (Å²) in [6.45, 7) is 1.58. The van der Waals surface area contributed by atoms with Gasteiger partial charge >= 0.3 is 17.9 Å². The van der Waals surface area contributed by atoms with Crippen LogP contribution in [0, 0.1) is 12.8 Å². The van der Waals surface area contributed by atoms with E-state index in [0.29, 0.717) is 11.5 Å². The smallest absolute Gasteiger partial charge is 0.341 e. The van der Waals surface area contributed by atoms with Crippen molar-refractivity contribution in [2.75, 3.05) is 21.3 Å². The van der Waals surface area contributed by atoms with Crippen molar-refractivity contribution in [2.45, 2.75) is 13.3 Å². The van der Waals surface area contributed by atoms with Crippen LogP contribution in [0.1, 0.15) is 21.9 Å². The highest BCUT2D eigenvalue weighted by Gasteiger charge is 2.31. The molecule has 0 radical (unpaired) electrons. The van der Waals surface area contributed by atoms with Crippen LogP contribution in [0.4, 0.5) is 0 Å². The van der Waals surface area contributed by atoms with E-state index in [0.717, 1.165) is 0 Å². The molecule has 0 aromatic carbocycles. The molecule has 0 unspecified atom stereocenters. The number of rotatable bonds is 5. The number of furan rings is 1. The van der Waals surface area contributed by atoms with E-state index in [1.54, 1.807) is 6.92 Å². The Morgan fingerprint density at radius 1 is 1.10 bits per heavy atom. The van der Waals surface area contributed by atoms with E-state index >= 15 is 0 Å². The molecule has 20 heavy (non-hydrogen) atoms. The van der Waals surface area contributed by atoms with Gasteiger partial charge in [0.1, 0.15) is 17.1 Å². The third-order valence-corrected chi connectivity index (χ3v) is 2.75. The van der Waals surface area contributed by atoms with Crippen LogP contribution in [-0.2, 0) is 30.2 Å². The summed E-state index contributed by atoms with van der Waals surface area (Å²) >= 11 is 0. The van der Waals surface area contributed by atoms with Gasteiger partial charge in [-0.2, -0.15) is 0 Å². The second-order valence-electron chi connectivity index (χ2n) is 3.98. The fraction of sp³-hybridized carbons (Fsp3) is 0.462. The predicted molar refractivity (Wildman–Crippen MR) is 66.0 cm³/mol. The quantitative estimate of drug-likeness (QED) is 0.450. The first kappa shape index (κ1) is 15.7. The molecular weight excluding hydrogens is 268 g/mol. The number of carbonyl (C=O) groups is 3. The Morgan fingerprint density at radius 3 is 2.10 bits per heavy atom. The molecule has 7 heteroatoms. The van der Waals surface area contributed by atoms with Crippen LogP contribution in [0.15, 0.2) is 10.5 Å². The molecule has 0 bridgehead atoms. The Hall–Kier alpha value is -2.31. The van der Waals surface area contributed by atoms with Gasteiger partial charge in [-0.3, -0.25) is 9.59 Å². The maximum Gasteiger partial charge on any atom is 0.341 e. The Balaban J connectivity index is 2.97. The molecule has 0 N–H and O–H groups in total. The molecule has 1 heterocycles. The lowest BCUT2D eigenvalue weighted by Gasteiger charge is -2.10. The average Bonchev–Trinajstić information content (AvgIpc) is 2.83. The van der Waals surface area contributed by atoms with E-state index < -0.39 is 23.8 Å². The summed E-state index contributed by atoms with van der Waals surface area (Å²) in [7, 11) is 3.59. The molecule has 0 spiro atoms. The van der Waals surface area contributed by atoms with Gasteiger partial charge in [-0.1, -0.05) is 0 Å². The van der Waals surface area contributed by atoms with Gasteiger partial charge < -0.3 is 18.6 Å². The number of ether oxygens (including phenoxy) is 3. The van der Waals surface area contributed by atoms with Crippen molar-refractivity contribution in [3.63, 3.8) is 0 Å². The second kappa shape index (κ2) is 6.74. The monoisotopic (exact) mass is 284 g/mol. The summed E-state index contributed by atoms with van der Waals surface area (Å²) in [6.07, 6.45) is -0.0584. The molecular formula is C13H16O7. The molecule has 0 saturated carbocycles. The Bertz CT molecular complexity index is 499. The first-order valence-electron chi connectivity index (χ1n) is 5.77. The minimum absolute atomic E-state index is 0.0584. The van der Waals surface area contributed by atoms with Gasteiger partial charge in [-0.05, 0) is 13.0 Å². The van der Waals surface area contributed by atoms with Gasteiger partial charge in [0.15, 0.2) is 5.92 Å². The second-order valence-corrected chi connectivity index (χ2v) is 3.98. The number of methoxy groups -OCH3 is 3. The number of carbonyl (C=O) groups excluding carboxylic acids is 3. The van der Waals surface area contributed by atoms with Crippen LogP contribution in [0.2, 0.25) is 0 Å². The largest absolute Gasteiger partial charge is 0.468 e. The highest BCUT2D eigenvalue weighted by Crippen LogP contribution is 2.20. The SMILES string of the molecule is COC(=O)c1cc(CC(C(=O)OC)C(=O)OC)oc1C. The molecule has 0 fully saturated rings. The lowest BCUT2D eigenvalue weighted by atomic mass is 10.0. The normalized spacial score (nSPS) is 10.2. The standard InChI is InChI=1S/C13H16O7/c1-7-9(11(14)17-2)5-8(20-7)6-10(12(15)18-3)13(16)19-4/h5,10H,6H2,1-4H3. The van der Waals surface area contributed by atoms with Crippen molar-refractivity contribution in [3.8, 4) is 0 Å². The number of aryl methyl sites for hydroxylation is 1. The summed E-state index contributed by atoms with van der Waals surface area (Å²) < 4.78 is 19.0. The minimum Gasteiger partial charge on any atom is -0.468 e. The van der Waals surface area contributed by atoms with Crippen molar-refractivity contribution in [2.24, 2.45) is 5.92 Å². The highest BCUT2D eigenvalue weighted by atomic mass is 16.5.